The molecule has 9 heteroatoms. The number of cyclic esters (lactones) is 1. The van der Waals surface area contributed by atoms with Gasteiger partial charge in [0.15, 0.2) is 5.69 Å². The highest BCUT2D eigenvalue weighted by atomic mass is 16.6. The Kier molecular flexibility index (Phi) is 7.69. The van der Waals surface area contributed by atoms with E-state index in [-0.39, 0.29) is 18.0 Å². The lowest BCUT2D eigenvalue weighted by molar-refractivity contribution is -0.496. The molecular weight excluding hydrogens is 458 g/mol. The SMILES string of the molecule is O=C(NCCN1CCCCC1)c1ccc(N2CCC(N3C(=O)OCc4ccccc43)CC2)c([NH2+][O-])c1. The first-order valence-corrected chi connectivity index (χ1v) is 13.0. The summed E-state index contributed by atoms with van der Waals surface area (Å²) < 4.78 is 5.40. The van der Waals surface area contributed by atoms with Crippen molar-refractivity contribution in [3.63, 3.8) is 0 Å². The van der Waals surface area contributed by atoms with Crippen LogP contribution < -0.4 is 20.6 Å². The predicted molar refractivity (Wildman–Crippen MR) is 138 cm³/mol. The number of hydrogen-bond acceptors (Lipinski definition) is 6. The molecule has 2 fully saturated rings. The largest absolute Gasteiger partial charge is 0.630 e. The highest BCUT2D eigenvalue weighted by molar-refractivity contribution is 5.95. The van der Waals surface area contributed by atoms with Crippen LogP contribution in [0.15, 0.2) is 42.5 Å². The molecule has 3 aliphatic rings. The zero-order chi connectivity index (χ0) is 24.9. The fourth-order valence-corrected chi connectivity index (χ4v) is 5.58. The van der Waals surface area contributed by atoms with E-state index in [1.807, 2.05) is 30.3 Å². The van der Waals surface area contributed by atoms with Crippen molar-refractivity contribution in [3.8, 4) is 0 Å². The Morgan fingerprint density at radius 1 is 1.03 bits per heavy atom. The van der Waals surface area contributed by atoms with E-state index in [0.717, 1.165) is 54.9 Å². The molecule has 5 rings (SSSR count). The number of nitrogens with two attached hydrogens (primary N) is 1. The van der Waals surface area contributed by atoms with Gasteiger partial charge in [0.2, 0.25) is 0 Å². The summed E-state index contributed by atoms with van der Waals surface area (Å²) in [4.78, 5) is 31.6. The monoisotopic (exact) mass is 493 g/mol. The standard InChI is InChI=1S/C27H35N5O4/c33-26(28-12-17-30-13-4-1-5-14-30)20-8-9-25(23(18-20)29-35)31-15-10-22(11-16-31)32-24-7-3-2-6-21(24)19-36-27(32)34/h2-3,6-9,18,22H,1,4-5,10-17,19,29H2,(H,28,33). The van der Waals surface area contributed by atoms with E-state index >= 15 is 0 Å². The number of quaternary nitrogens is 1. The Morgan fingerprint density at radius 2 is 1.81 bits per heavy atom. The number of rotatable bonds is 7. The van der Waals surface area contributed by atoms with Crippen LogP contribution in [0, 0.1) is 5.21 Å². The Hall–Kier alpha value is -3.14. The molecule has 36 heavy (non-hydrogen) atoms. The van der Waals surface area contributed by atoms with Crippen LogP contribution >= 0.6 is 0 Å². The highest BCUT2D eigenvalue weighted by Gasteiger charge is 2.34. The van der Waals surface area contributed by atoms with Gasteiger partial charge in [-0.15, -0.1) is 0 Å². The number of carbonyl (C=O) groups excluding carboxylic acids is 2. The van der Waals surface area contributed by atoms with Crippen molar-refractivity contribution >= 4 is 29.1 Å². The molecule has 9 nitrogen and oxygen atoms in total. The average molecular weight is 494 g/mol. The lowest BCUT2D eigenvalue weighted by atomic mass is 9.99. The van der Waals surface area contributed by atoms with Gasteiger partial charge in [-0.3, -0.25) is 9.69 Å². The van der Waals surface area contributed by atoms with Gasteiger partial charge in [0.25, 0.3) is 5.91 Å². The number of likely N-dealkylation sites (tertiary alicyclic amines) is 1. The van der Waals surface area contributed by atoms with Crippen molar-refractivity contribution in [2.45, 2.75) is 44.8 Å². The molecule has 0 atom stereocenters. The van der Waals surface area contributed by atoms with E-state index in [1.54, 1.807) is 17.0 Å². The van der Waals surface area contributed by atoms with Crippen LogP contribution in [0.3, 0.4) is 0 Å². The third-order valence-corrected chi connectivity index (χ3v) is 7.55. The van der Waals surface area contributed by atoms with Crippen LogP contribution in [0.25, 0.3) is 0 Å². The number of piperidine rings is 2. The zero-order valence-electron chi connectivity index (χ0n) is 20.7. The molecule has 2 saturated heterocycles. The lowest BCUT2D eigenvalue weighted by Gasteiger charge is -2.41. The minimum absolute atomic E-state index is 0.0415. The number of benzene rings is 2. The average Bonchev–Trinajstić information content (AvgIpc) is 2.93. The third-order valence-electron chi connectivity index (χ3n) is 7.55. The highest BCUT2D eigenvalue weighted by Crippen LogP contribution is 2.33. The maximum atomic E-state index is 12.7. The van der Waals surface area contributed by atoms with Crippen LogP contribution in [0.2, 0.25) is 0 Å². The van der Waals surface area contributed by atoms with Gasteiger partial charge in [-0.2, -0.15) is 0 Å². The van der Waals surface area contributed by atoms with E-state index in [2.05, 4.69) is 15.1 Å². The van der Waals surface area contributed by atoms with E-state index in [0.29, 0.717) is 37.5 Å². The van der Waals surface area contributed by atoms with Crippen LogP contribution in [-0.2, 0) is 11.3 Å². The first-order chi connectivity index (χ1) is 17.6. The summed E-state index contributed by atoms with van der Waals surface area (Å²) in [6.45, 7) is 5.38. The third kappa shape index (κ3) is 5.33. The number of nitrogens with zero attached hydrogens (tertiary/aromatic N) is 3. The lowest BCUT2D eigenvalue weighted by Crippen LogP contribution is -2.70. The van der Waals surface area contributed by atoms with Gasteiger partial charge in [0, 0.05) is 49.4 Å². The molecule has 0 unspecified atom stereocenters. The smallest absolute Gasteiger partial charge is 0.414 e. The second-order valence-electron chi connectivity index (χ2n) is 9.82. The van der Waals surface area contributed by atoms with Gasteiger partial charge in [0.1, 0.15) is 6.61 Å². The number of nitrogens with one attached hydrogen (secondary N) is 1. The molecule has 0 saturated carbocycles. The van der Waals surface area contributed by atoms with Crippen molar-refractivity contribution in [3.05, 3.63) is 58.8 Å². The van der Waals surface area contributed by atoms with Crippen LogP contribution in [-0.4, -0.2) is 62.2 Å². The first kappa shape index (κ1) is 24.5. The van der Waals surface area contributed by atoms with E-state index in [9.17, 15) is 14.8 Å². The molecule has 0 radical (unpaired) electrons. The van der Waals surface area contributed by atoms with Gasteiger partial charge < -0.3 is 30.5 Å². The molecular formula is C27H35N5O4. The van der Waals surface area contributed by atoms with Gasteiger partial charge >= 0.3 is 6.09 Å². The number of carbonyl (C=O) groups is 2. The van der Waals surface area contributed by atoms with E-state index in [1.165, 1.54) is 19.3 Å². The fourth-order valence-electron chi connectivity index (χ4n) is 5.58. The molecule has 3 aliphatic heterocycles. The minimum Gasteiger partial charge on any atom is -0.630 e. The quantitative estimate of drug-likeness (QED) is 0.454. The Morgan fingerprint density at radius 3 is 2.58 bits per heavy atom. The maximum absolute atomic E-state index is 12.7. The van der Waals surface area contributed by atoms with Crippen molar-refractivity contribution in [2.75, 3.05) is 49.1 Å². The number of fused-ring (bicyclic) bond motifs is 1. The summed E-state index contributed by atoms with van der Waals surface area (Å²) >= 11 is 0. The fraction of sp³-hybridized carbons (Fsp3) is 0.481. The summed E-state index contributed by atoms with van der Waals surface area (Å²) in [5, 5.41) is 14.9. The van der Waals surface area contributed by atoms with Crippen molar-refractivity contribution in [1.29, 1.82) is 0 Å². The topological polar surface area (TPSA) is 105 Å². The number of hydrogen-bond donors (Lipinski definition) is 2. The number of ether oxygens (including phenoxy) is 1. The van der Waals surface area contributed by atoms with Gasteiger partial charge in [0.05, 0.1) is 11.4 Å². The minimum atomic E-state index is -0.295. The number of para-hydroxylation sites is 1. The molecule has 192 valence electrons. The summed E-state index contributed by atoms with van der Waals surface area (Å²) in [5.41, 5.74) is 4.62. The van der Waals surface area contributed by atoms with Crippen LogP contribution in [0.4, 0.5) is 21.9 Å². The van der Waals surface area contributed by atoms with Gasteiger partial charge in [-0.1, -0.05) is 24.6 Å². The Balaban J connectivity index is 1.19. The number of amides is 2. The van der Waals surface area contributed by atoms with Crippen LogP contribution in [0.5, 0.6) is 0 Å². The van der Waals surface area contributed by atoms with Gasteiger partial charge in [-0.25, -0.2) is 4.79 Å². The molecule has 2 aromatic carbocycles. The molecule has 3 N–H and O–H groups in total. The Bertz CT molecular complexity index is 1080. The summed E-state index contributed by atoms with van der Waals surface area (Å²) in [7, 11) is 0. The summed E-state index contributed by atoms with van der Waals surface area (Å²) in [6, 6.07) is 13.3. The molecule has 0 spiro atoms. The molecule has 0 aliphatic carbocycles. The summed E-state index contributed by atoms with van der Waals surface area (Å²) in [6.07, 6.45) is 4.98. The second kappa shape index (κ2) is 11.3. The van der Waals surface area contributed by atoms with E-state index in [4.69, 9.17) is 4.74 Å². The van der Waals surface area contributed by atoms with Gasteiger partial charge in [-0.05, 0) is 57.0 Å². The molecule has 0 bridgehead atoms. The first-order valence-electron chi connectivity index (χ1n) is 13.0. The van der Waals surface area contributed by atoms with Crippen molar-refractivity contribution in [2.24, 2.45) is 0 Å². The van der Waals surface area contributed by atoms with Crippen molar-refractivity contribution in [1.82, 2.24) is 10.2 Å². The second-order valence-corrected chi connectivity index (χ2v) is 9.82. The molecule has 3 heterocycles. The zero-order valence-corrected chi connectivity index (χ0v) is 20.7. The number of anilines is 2. The van der Waals surface area contributed by atoms with Crippen LogP contribution in [0.1, 0.15) is 48.0 Å². The molecule has 2 amide bonds. The normalized spacial score (nSPS) is 19.1. The van der Waals surface area contributed by atoms with Crippen molar-refractivity contribution < 1.29 is 19.8 Å². The predicted octanol–water partition coefficient (Wildman–Crippen LogP) is 2.72. The maximum Gasteiger partial charge on any atom is 0.414 e. The van der Waals surface area contributed by atoms with E-state index < -0.39 is 0 Å². The molecule has 2 aromatic rings. The Labute approximate surface area is 212 Å². The molecule has 0 aromatic heterocycles. The summed E-state index contributed by atoms with van der Waals surface area (Å²) in [5.74, 6) is -0.150.